The number of nitrogens with zero attached hydrogens (tertiary/aromatic N) is 3. The molecule has 0 aromatic heterocycles. The van der Waals surface area contributed by atoms with E-state index in [9.17, 15) is 9.59 Å². The molecule has 3 fully saturated rings. The topological polar surface area (TPSA) is 53.1 Å². The maximum atomic E-state index is 13.9. The summed E-state index contributed by atoms with van der Waals surface area (Å²) in [7, 11) is 1.64. The molecule has 0 saturated carbocycles. The number of likely N-dealkylation sites (tertiary alicyclic amines) is 3. The molecule has 7 heteroatoms. The second kappa shape index (κ2) is 14.3. The largest absolute Gasteiger partial charge is 0.497 e. The number of amides is 2. The highest BCUT2D eigenvalue weighted by molar-refractivity contribution is 9.10. The number of ether oxygens (including phenoxy) is 1. The zero-order chi connectivity index (χ0) is 33.1. The highest BCUT2D eigenvalue weighted by atomic mass is 79.9. The molecular formula is C41H44BrN3O3. The molecule has 4 aromatic carbocycles. The molecule has 248 valence electrons. The van der Waals surface area contributed by atoms with Crippen LogP contribution < -0.4 is 4.74 Å². The third kappa shape index (κ3) is 7.08. The van der Waals surface area contributed by atoms with Crippen LogP contribution in [-0.4, -0.2) is 72.9 Å². The lowest BCUT2D eigenvalue weighted by Crippen LogP contribution is -2.46. The Morgan fingerprint density at radius 2 is 1.42 bits per heavy atom. The van der Waals surface area contributed by atoms with Gasteiger partial charge < -0.3 is 19.4 Å². The molecule has 0 aliphatic carbocycles. The van der Waals surface area contributed by atoms with Crippen LogP contribution in [0.25, 0.3) is 0 Å². The minimum Gasteiger partial charge on any atom is -0.497 e. The number of carbonyl (C=O) groups is 2. The SMILES string of the molecule is COc1ccc(C(=O)N2C[C@H](CN3CCC4(CC3)CCN(Cc3ccc(Cc5ccc(Br)cc5)cc3)C4=O)[C@@H](c3ccccc3)C2)cc1. The van der Waals surface area contributed by atoms with Crippen molar-refractivity contribution in [3.8, 4) is 5.75 Å². The number of halogens is 1. The van der Waals surface area contributed by atoms with Crippen molar-refractivity contribution in [3.63, 3.8) is 0 Å². The summed E-state index contributed by atoms with van der Waals surface area (Å²) in [5, 5.41) is 0. The van der Waals surface area contributed by atoms with E-state index in [0.717, 1.165) is 75.2 Å². The molecule has 6 nitrogen and oxygen atoms in total. The van der Waals surface area contributed by atoms with Gasteiger partial charge in [0.05, 0.1) is 12.5 Å². The molecule has 3 aliphatic heterocycles. The summed E-state index contributed by atoms with van der Waals surface area (Å²) >= 11 is 3.51. The molecule has 0 bridgehead atoms. The summed E-state index contributed by atoms with van der Waals surface area (Å²) in [6.45, 7) is 5.76. The van der Waals surface area contributed by atoms with E-state index in [-0.39, 0.29) is 17.2 Å². The summed E-state index contributed by atoms with van der Waals surface area (Å²) in [4.78, 5) is 34.1. The molecule has 7 rings (SSSR count). The molecule has 2 amide bonds. The average Bonchev–Trinajstić information content (AvgIpc) is 3.68. The fraction of sp³-hybridized carbons (Fsp3) is 0.366. The van der Waals surface area contributed by atoms with Crippen molar-refractivity contribution in [2.75, 3.05) is 46.4 Å². The second-order valence-corrected chi connectivity index (χ2v) is 14.8. The van der Waals surface area contributed by atoms with E-state index in [1.54, 1.807) is 7.11 Å². The number of methoxy groups -OCH3 is 1. The molecule has 0 unspecified atom stereocenters. The van der Waals surface area contributed by atoms with Crippen LogP contribution in [0.3, 0.4) is 0 Å². The van der Waals surface area contributed by atoms with Crippen molar-refractivity contribution in [3.05, 3.63) is 135 Å². The van der Waals surface area contributed by atoms with Gasteiger partial charge in [-0.2, -0.15) is 0 Å². The number of hydrogen-bond donors (Lipinski definition) is 0. The maximum absolute atomic E-state index is 13.9. The van der Waals surface area contributed by atoms with Crippen molar-refractivity contribution < 1.29 is 14.3 Å². The Labute approximate surface area is 292 Å². The molecule has 2 atom stereocenters. The number of piperidine rings is 1. The molecule has 3 heterocycles. The minimum atomic E-state index is -0.233. The average molecular weight is 707 g/mol. The number of hydrogen-bond acceptors (Lipinski definition) is 4. The van der Waals surface area contributed by atoms with E-state index in [2.05, 4.69) is 105 Å². The van der Waals surface area contributed by atoms with Gasteiger partial charge in [-0.3, -0.25) is 9.59 Å². The van der Waals surface area contributed by atoms with Crippen LogP contribution in [-0.2, 0) is 17.8 Å². The predicted octanol–water partition coefficient (Wildman–Crippen LogP) is 7.42. The summed E-state index contributed by atoms with van der Waals surface area (Å²) < 4.78 is 6.39. The van der Waals surface area contributed by atoms with Crippen LogP contribution in [0, 0.1) is 11.3 Å². The first-order valence-electron chi connectivity index (χ1n) is 17.2. The van der Waals surface area contributed by atoms with Crippen molar-refractivity contribution >= 4 is 27.7 Å². The van der Waals surface area contributed by atoms with Crippen LogP contribution in [0.2, 0.25) is 0 Å². The van der Waals surface area contributed by atoms with Crippen LogP contribution in [0.5, 0.6) is 5.75 Å². The molecule has 4 aromatic rings. The first kappa shape index (κ1) is 32.6. The molecular weight excluding hydrogens is 662 g/mol. The van der Waals surface area contributed by atoms with Crippen molar-refractivity contribution in [1.29, 1.82) is 0 Å². The highest BCUT2D eigenvalue weighted by Crippen LogP contribution is 2.43. The zero-order valence-electron chi connectivity index (χ0n) is 27.7. The maximum Gasteiger partial charge on any atom is 0.253 e. The lowest BCUT2D eigenvalue weighted by molar-refractivity contribution is -0.139. The van der Waals surface area contributed by atoms with Gasteiger partial charge in [-0.1, -0.05) is 82.7 Å². The molecule has 3 aliphatic rings. The summed E-state index contributed by atoms with van der Waals surface area (Å²) in [5.74, 6) is 1.79. The molecule has 1 spiro atoms. The van der Waals surface area contributed by atoms with Gasteiger partial charge in [0.2, 0.25) is 5.91 Å². The normalized spacial score (nSPS) is 20.8. The second-order valence-electron chi connectivity index (χ2n) is 13.9. The van der Waals surface area contributed by atoms with Gasteiger partial charge in [0, 0.05) is 48.7 Å². The Morgan fingerprint density at radius 3 is 2.08 bits per heavy atom. The van der Waals surface area contributed by atoms with Crippen molar-refractivity contribution in [2.45, 2.75) is 38.1 Å². The molecule has 48 heavy (non-hydrogen) atoms. The Hall–Kier alpha value is -3.94. The number of rotatable bonds is 9. The van der Waals surface area contributed by atoms with Gasteiger partial charge in [-0.05, 0) is 103 Å². The Kier molecular flexibility index (Phi) is 9.69. The number of carbonyl (C=O) groups excluding carboxylic acids is 2. The van der Waals surface area contributed by atoms with E-state index < -0.39 is 0 Å². The quantitative estimate of drug-likeness (QED) is 0.182. The van der Waals surface area contributed by atoms with Crippen LogP contribution >= 0.6 is 15.9 Å². The lowest BCUT2D eigenvalue weighted by atomic mass is 9.76. The smallest absolute Gasteiger partial charge is 0.253 e. The molecule has 3 saturated heterocycles. The van der Waals surface area contributed by atoms with E-state index in [4.69, 9.17) is 4.74 Å². The Bertz CT molecular complexity index is 1700. The van der Waals surface area contributed by atoms with Crippen LogP contribution in [0.4, 0.5) is 0 Å². The van der Waals surface area contributed by atoms with E-state index in [1.807, 2.05) is 29.2 Å². The third-order valence-corrected chi connectivity index (χ3v) is 11.4. The summed E-state index contributed by atoms with van der Waals surface area (Å²) in [6, 6.07) is 35.3. The summed E-state index contributed by atoms with van der Waals surface area (Å²) in [5.41, 5.74) is 5.52. The highest BCUT2D eigenvalue weighted by Gasteiger charge is 2.48. The standard InChI is InChI=1S/C41H44BrN3O3/c1-48-37-17-13-34(14-18-37)39(46)45-28-35(38(29-45)33-5-3-2-4-6-33)27-43-22-19-41(20-23-43)21-24-44(40(41)47)26-32-9-7-30(8-10-32)25-31-11-15-36(42)16-12-31/h2-18,35,38H,19-29H2,1H3/t35-,38+/m0/s1. The predicted molar refractivity (Wildman–Crippen MR) is 193 cm³/mol. The van der Waals surface area contributed by atoms with E-state index in [0.29, 0.717) is 23.9 Å². The monoisotopic (exact) mass is 705 g/mol. The van der Waals surface area contributed by atoms with Gasteiger partial charge in [0.25, 0.3) is 5.91 Å². The van der Waals surface area contributed by atoms with Gasteiger partial charge in [0.1, 0.15) is 5.75 Å². The van der Waals surface area contributed by atoms with Gasteiger partial charge in [-0.15, -0.1) is 0 Å². The lowest BCUT2D eigenvalue weighted by Gasteiger charge is -2.39. The molecule has 0 radical (unpaired) electrons. The van der Waals surface area contributed by atoms with E-state index >= 15 is 0 Å². The van der Waals surface area contributed by atoms with Gasteiger partial charge in [0.15, 0.2) is 0 Å². The van der Waals surface area contributed by atoms with Crippen LogP contribution in [0.15, 0.2) is 108 Å². The molecule has 0 N–H and O–H groups in total. The first-order valence-corrected chi connectivity index (χ1v) is 18.0. The Morgan fingerprint density at radius 1 is 0.792 bits per heavy atom. The number of benzene rings is 4. The zero-order valence-corrected chi connectivity index (χ0v) is 29.3. The van der Waals surface area contributed by atoms with Crippen molar-refractivity contribution in [2.24, 2.45) is 11.3 Å². The fourth-order valence-electron chi connectivity index (χ4n) is 8.04. The fourth-order valence-corrected chi connectivity index (χ4v) is 8.30. The van der Waals surface area contributed by atoms with E-state index in [1.165, 1.54) is 22.3 Å². The first-order chi connectivity index (χ1) is 23.4. The third-order valence-electron chi connectivity index (χ3n) is 10.9. The van der Waals surface area contributed by atoms with Gasteiger partial charge >= 0.3 is 0 Å². The van der Waals surface area contributed by atoms with Gasteiger partial charge in [-0.25, -0.2) is 0 Å². The van der Waals surface area contributed by atoms with Crippen molar-refractivity contribution in [1.82, 2.24) is 14.7 Å². The Balaban J connectivity index is 0.951. The minimum absolute atomic E-state index is 0.0783. The van der Waals surface area contributed by atoms with Crippen LogP contribution in [0.1, 0.15) is 57.8 Å². The summed E-state index contributed by atoms with van der Waals surface area (Å²) in [6.07, 6.45) is 3.67.